The standard InChI is InChI=1S/C30H35NO4/c1-5-31(6-2)20-21-34-28-18-14-26(15-19-28)30(25-12-16-27(33)17-13-25)29(22(3)35-23(4)32)24-10-8-7-9-11-24/h7-19,22,33H,5-6,20-21H2,1-4H3/b30-29+. The highest BCUT2D eigenvalue weighted by molar-refractivity contribution is 6.00. The SMILES string of the molecule is CCN(CC)CCOc1ccc(/C(=C(/c2ccccc2)C(C)OC(C)=O)c2ccc(O)cc2)cc1. The zero-order valence-electron chi connectivity index (χ0n) is 21.0. The summed E-state index contributed by atoms with van der Waals surface area (Å²) in [5, 5.41) is 9.88. The number of carbonyl (C=O) groups is 1. The molecular weight excluding hydrogens is 438 g/mol. The average molecular weight is 474 g/mol. The van der Waals surface area contributed by atoms with Crippen LogP contribution in [0.2, 0.25) is 0 Å². The van der Waals surface area contributed by atoms with E-state index >= 15 is 0 Å². The zero-order chi connectivity index (χ0) is 25.2. The van der Waals surface area contributed by atoms with Gasteiger partial charge in [0.25, 0.3) is 0 Å². The van der Waals surface area contributed by atoms with Crippen LogP contribution in [0.3, 0.4) is 0 Å². The molecule has 0 aliphatic rings. The third-order valence-electron chi connectivity index (χ3n) is 5.97. The Morgan fingerprint density at radius 1 is 0.857 bits per heavy atom. The van der Waals surface area contributed by atoms with Crippen LogP contribution in [-0.2, 0) is 9.53 Å². The van der Waals surface area contributed by atoms with Gasteiger partial charge >= 0.3 is 5.97 Å². The average Bonchev–Trinajstić information content (AvgIpc) is 2.86. The van der Waals surface area contributed by atoms with Crippen LogP contribution in [0.25, 0.3) is 11.1 Å². The number of hydrogen-bond acceptors (Lipinski definition) is 5. The van der Waals surface area contributed by atoms with Gasteiger partial charge in [-0.3, -0.25) is 4.79 Å². The highest BCUT2D eigenvalue weighted by atomic mass is 16.5. The smallest absolute Gasteiger partial charge is 0.303 e. The van der Waals surface area contributed by atoms with Gasteiger partial charge < -0.3 is 19.5 Å². The Kier molecular flexibility index (Phi) is 9.50. The minimum Gasteiger partial charge on any atom is -0.508 e. The Morgan fingerprint density at radius 2 is 1.43 bits per heavy atom. The fourth-order valence-corrected chi connectivity index (χ4v) is 4.16. The number of likely N-dealkylation sites (N-methyl/N-ethyl adjacent to an activating group) is 1. The topological polar surface area (TPSA) is 59.0 Å². The van der Waals surface area contributed by atoms with Gasteiger partial charge in [0.1, 0.15) is 24.2 Å². The highest BCUT2D eigenvalue weighted by Crippen LogP contribution is 2.36. The normalized spacial score (nSPS) is 12.7. The number of benzene rings is 3. The van der Waals surface area contributed by atoms with Gasteiger partial charge in [0.2, 0.25) is 0 Å². The van der Waals surface area contributed by atoms with E-state index in [0.717, 1.165) is 53.2 Å². The van der Waals surface area contributed by atoms with E-state index in [2.05, 4.69) is 18.7 Å². The fraction of sp³-hybridized carbons (Fsp3) is 0.300. The molecular formula is C30H35NO4. The Labute approximate surface area is 208 Å². The molecule has 3 aromatic rings. The lowest BCUT2D eigenvalue weighted by molar-refractivity contribution is -0.142. The van der Waals surface area contributed by atoms with Crippen molar-refractivity contribution in [1.29, 1.82) is 0 Å². The molecule has 0 aliphatic heterocycles. The molecule has 0 radical (unpaired) electrons. The number of hydrogen-bond donors (Lipinski definition) is 1. The van der Waals surface area contributed by atoms with E-state index in [1.54, 1.807) is 12.1 Å². The first-order chi connectivity index (χ1) is 16.9. The van der Waals surface area contributed by atoms with Crippen molar-refractivity contribution in [2.24, 2.45) is 0 Å². The molecule has 0 aliphatic carbocycles. The van der Waals surface area contributed by atoms with Gasteiger partial charge in [0, 0.05) is 19.0 Å². The van der Waals surface area contributed by atoms with Crippen molar-refractivity contribution in [1.82, 2.24) is 4.90 Å². The minimum atomic E-state index is -0.483. The Hall–Kier alpha value is -3.57. The maximum atomic E-state index is 11.9. The van der Waals surface area contributed by atoms with E-state index in [0.29, 0.717) is 6.61 Å². The number of aromatic hydroxyl groups is 1. The van der Waals surface area contributed by atoms with Gasteiger partial charge in [-0.05, 0) is 66.5 Å². The van der Waals surface area contributed by atoms with Crippen LogP contribution in [0.1, 0.15) is 44.4 Å². The van der Waals surface area contributed by atoms with Crippen LogP contribution < -0.4 is 4.74 Å². The molecule has 1 unspecified atom stereocenters. The molecule has 184 valence electrons. The van der Waals surface area contributed by atoms with E-state index in [1.807, 2.05) is 73.7 Å². The van der Waals surface area contributed by atoms with Crippen LogP contribution >= 0.6 is 0 Å². The van der Waals surface area contributed by atoms with Crippen LogP contribution in [0.4, 0.5) is 0 Å². The summed E-state index contributed by atoms with van der Waals surface area (Å²) < 4.78 is 11.6. The van der Waals surface area contributed by atoms with Gasteiger partial charge in [-0.1, -0.05) is 68.4 Å². The summed E-state index contributed by atoms with van der Waals surface area (Å²) in [5.74, 6) is 0.660. The van der Waals surface area contributed by atoms with E-state index in [-0.39, 0.29) is 11.7 Å². The van der Waals surface area contributed by atoms with Gasteiger partial charge in [0.15, 0.2) is 0 Å². The summed E-state index contributed by atoms with van der Waals surface area (Å²) in [6.07, 6.45) is -0.483. The maximum Gasteiger partial charge on any atom is 0.303 e. The van der Waals surface area contributed by atoms with E-state index in [9.17, 15) is 9.90 Å². The summed E-state index contributed by atoms with van der Waals surface area (Å²) in [6.45, 7) is 11.1. The summed E-state index contributed by atoms with van der Waals surface area (Å²) in [6, 6.07) is 25.0. The molecule has 3 rings (SSSR count). The number of esters is 1. The molecule has 0 fully saturated rings. The second-order valence-corrected chi connectivity index (χ2v) is 8.35. The quantitative estimate of drug-likeness (QED) is 0.272. The molecule has 0 heterocycles. The van der Waals surface area contributed by atoms with Gasteiger partial charge in [-0.15, -0.1) is 0 Å². The predicted octanol–water partition coefficient (Wildman–Crippen LogP) is 6.02. The van der Waals surface area contributed by atoms with Crippen LogP contribution in [0.5, 0.6) is 11.5 Å². The van der Waals surface area contributed by atoms with E-state index < -0.39 is 6.10 Å². The van der Waals surface area contributed by atoms with Crippen molar-refractivity contribution in [3.8, 4) is 11.5 Å². The molecule has 0 saturated carbocycles. The van der Waals surface area contributed by atoms with Crippen molar-refractivity contribution >= 4 is 17.1 Å². The van der Waals surface area contributed by atoms with Crippen molar-refractivity contribution in [3.63, 3.8) is 0 Å². The molecule has 0 spiro atoms. The molecule has 0 saturated heterocycles. The largest absolute Gasteiger partial charge is 0.508 e. The second kappa shape index (κ2) is 12.8. The van der Waals surface area contributed by atoms with E-state index in [4.69, 9.17) is 9.47 Å². The molecule has 0 amide bonds. The van der Waals surface area contributed by atoms with Crippen molar-refractivity contribution < 1.29 is 19.4 Å². The lowest BCUT2D eigenvalue weighted by Gasteiger charge is -2.23. The summed E-state index contributed by atoms with van der Waals surface area (Å²) in [7, 11) is 0. The first kappa shape index (κ1) is 26.0. The molecule has 35 heavy (non-hydrogen) atoms. The number of phenolic OH excluding ortho intramolecular Hbond substituents is 1. The Balaban J connectivity index is 2.06. The first-order valence-corrected chi connectivity index (χ1v) is 12.1. The maximum absolute atomic E-state index is 11.9. The van der Waals surface area contributed by atoms with Crippen molar-refractivity contribution in [2.75, 3.05) is 26.2 Å². The molecule has 3 aromatic carbocycles. The number of rotatable bonds is 11. The zero-order valence-corrected chi connectivity index (χ0v) is 21.0. The van der Waals surface area contributed by atoms with Gasteiger partial charge in [-0.2, -0.15) is 0 Å². The number of phenols is 1. The number of ether oxygens (including phenoxy) is 2. The summed E-state index contributed by atoms with van der Waals surface area (Å²) in [4.78, 5) is 14.2. The minimum absolute atomic E-state index is 0.194. The number of carbonyl (C=O) groups excluding carboxylic acids is 1. The van der Waals surface area contributed by atoms with Crippen LogP contribution in [0.15, 0.2) is 78.9 Å². The predicted molar refractivity (Wildman–Crippen MR) is 141 cm³/mol. The van der Waals surface area contributed by atoms with Gasteiger partial charge in [-0.25, -0.2) is 0 Å². The second-order valence-electron chi connectivity index (χ2n) is 8.35. The number of nitrogens with zero attached hydrogens (tertiary/aromatic N) is 1. The van der Waals surface area contributed by atoms with Crippen LogP contribution in [-0.4, -0.2) is 48.3 Å². The third kappa shape index (κ3) is 7.20. The highest BCUT2D eigenvalue weighted by Gasteiger charge is 2.21. The molecule has 1 N–H and O–H groups in total. The third-order valence-corrected chi connectivity index (χ3v) is 5.97. The summed E-state index contributed by atoms with van der Waals surface area (Å²) >= 11 is 0. The monoisotopic (exact) mass is 473 g/mol. The Morgan fingerprint density at radius 3 is 1.97 bits per heavy atom. The molecule has 0 bridgehead atoms. The lowest BCUT2D eigenvalue weighted by atomic mass is 9.87. The van der Waals surface area contributed by atoms with Crippen molar-refractivity contribution in [3.05, 3.63) is 95.6 Å². The fourth-order valence-electron chi connectivity index (χ4n) is 4.16. The molecule has 0 aromatic heterocycles. The summed E-state index contributed by atoms with van der Waals surface area (Å²) in [5.41, 5.74) is 4.66. The first-order valence-electron chi connectivity index (χ1n) is 12.1. The lowest BCUT2D eigenvalue weighted by Crippen LogP contribution is -2.27. The molecule has 5 heteroatoms. The van der Waals surface area contributed by atoms with Crippen LogP contribution in [0, 0.1) is 0 Å². The molecule has 1 atom stereocenters. The Bertz CT molecular complexity index is 1100. The van der Waals surface area contributed by atoms with Gasteiger partial charge in [0.05, 0.1) is 0 Å². The van der Waals surface area contributed by atoms with Crippen molar-refractivity contribution in [2.45, 2.75) is 33.8 Å². The molecule has 5 nitrogen and oxygen atoms in total. The van der Waals surface area contributed by atoms with E-state index in [1.165, 1.54) is 6.92 Å².